The Bertz CT molecular complexity index is 521. The van der Waals surface area contributed by atoms with Gasteiger partial charge in [0.05, 0.1) is 0 Å². The second-order valence-corrected chi connectivity index (χ2v) is 4.23. The third-order valence-electron chi connectivity index (χ3n) is 2.23. The lowest BCUT2D eigenvalue weighted by molar-refractivity contribution is -0.273. The van der Waals surface area contributed by atoms with E-state index in [9.17, 15) is 18.0 Å². The quantitative estimate of drug-likeness (QED) is 0.803. The fourth-order valence-electron chi connectivity index (χ4n) is 1.57. The summed E-state index contributed by atoms with van der Waals surface area (Å²) in [6, 6.07) is 4.77. The summed E-state index contributed by atoms with van der Waals surface area (Å²) in [7, 11) is 0. The molecule has 0 fully saturated rings. The summed E-state index contributed by atoms with van der Waals surface area (Å²) in [6.45, 7) is 0.310. The standard InChI is InChI=1S/C11H7F3O3S/c12-11(13,14)17-10-9-2-1-7(5-16-6-15)8(9)3-4-18-10/h1-4,6H,5H2. The molecule has 2 rings (SSSR count). The first kappa shape index (κ1) is 12.7. The van der Waals surface area contributed by atoms with Crippen molar-refractivity contribution >= 4 is 17.8 Å². The molecule has 0 aromatic rings. The van der Waals surface area contributed by atoms with Gasteiger partial charge >= 0.3 is 6.36 Å². The molecule has 0 bridgehead atoms. The van der Waals surface area contributed by atoms with E-state index in [2.05, 4.69) is 9.47 Å². The molecule has 0 radical (unpaired) electrons. The van der Waals surface area contributed by atoms with Gasteiger partial charge in [-0.15, -0.1) is 24.5 Å². The van der Waals surface area contributed by atoms with Gasteiger partial charge in [0.15, 0.2) is 5.06 Å². The van der Waals surface area contributed by atoms with E-state index in [4.69, 9.17) is 0 Å². The number of carbonyl (C=O) groups excluding carboxylic acids is 1. The molecule has 0 atom stereocenters. The van der Waals surface area contributed by atoms with Gasteiger partial charge in [-0.3, -0.25) is 4.79 Å². The molecule has 0 aromatic heterocycles. The highest BCUT2D eigenvalue weighted by Gasteiger charge is 2.33. The largest absolute Gasteiger partial charge is 0.573 e. The first-order valence-corrected chi connectivity index (χ1v) is 5.69. The summed E-state index contributed by atoms with van der Waals surface area (Å²) in [5.74, 6) is 0. The molecule has 0 amide bonds. The van der Waals surface area contributed by atoms with Gasteiger partial charge < -0.3 is 9.47 Å². The van der Waals surface area contributed by atoms with Gasteiger partial charge in [0.2, 0.25) is 0 Å². The third kappa shape index (κ3) is 2.73. The summed E-state index contributed by atoms with van der Waals surface area (Å²) in [5.41, 5.74) is 1.57. The van der Waals surface area contributed by atoms with Crippen LogP contribution in [0.3, 0.4) is 0 Å². The van der Waals surface area contributed by atoms with Crippen molar-refractivity contribution in [1.29, 1.82) is 0 Å². The number of hydrogen-bond acceptors (Lipinski definition) is 4. The molecule has 1 aliphatic heterocycles. The Morgan fingerprint density at radius 3 is 2.67 bits per heavy atom. The maximum atomic E-state index is 12.2. The highest BCUT2D eigenvalue weighted by Crippen LogP contribution is 2.41. The van der Waals surface area contributed by atoms with Crippen molar-refractivity contribution in [3.63, 3.8) is 0 Å². The van der Waals surface area contributed by atoms with Gasteiger partial charge in [-0.05, 0) is 28.6 Å². The zero-order valence-electron chi connectivity index (χ0n) is 8.86. The van der Waals surface area contributed by atoms with Crippen molar-refractivity contribution in [2.75, 3.05) is 0 Å². The van der Waals surface area contributed by atoms with Crippen LogP contribution < -0.4 is 4.74 Å². The highest BCUT2D eigenvalue weighted by molar-refractivity contribution is 7.12. The minimum absolute atomic E-state index is 0.0210. The summed E-state index contributed by atoms with van der Waals surface area (Å²) in [5, 5.41) is 1.27. The monoisotopic (exact) mass is 276 g/mol. The molecule has 0 spiro atoms. The average Bonchev–Trinajstić information content (AvgIpc) is 2.69. The number of alkyl halides is 3. The molecular formula is C11H7F3O3S. The van der Waals surface area contributed by atoms with Gasteiger partial charge in [0, 0.05) is 5.56 Å². The Kier molecular flexibility index (Phi) is 3.42. The number of fused-ring (bicyclic) bond motifs is 1. The number of halogens is 3. The van der Waals surface area contributed by atoms with Crippen LogP contribution in [0.15, 0.2) is 23.6 Å². The number of carbonyl (C=O) groups is 1. The van der Waals surface area contributed by atoms with E-state index in [1.54, 1.807) is 12.1 Å². The summed E-state index contributed by atoms with van der Waals surface area (Å²) < 4.78 is 45.1. The fraction of sp³-hybridized carbons (Fsp3) is 0.182. The van der Waals surface area contributed by atoms with Crippen LogP contribution in [0.5, 0.6) is 5.06 Å². The van der Waals surface area contributed by atoms with Crippen LogP contribution in [0.1, 0.15) is 5.56 Å². The van der Waals surface area contributed by atoms with E-state index in [1.807, 2.05) is 0 Å². The molecule has 0 saturated heterocycles. The van der Waals surface area contributed by atoms with Crippen molar-refractivity contribution < 1.29 is 27.4 Å². The first-order valence-electron chi connectivity index (χ1n) is 4.81. The maximum Gasteiger partial charge on any atom is 0.573 e. The molecule has 7 heteroatoms. The predicted octanol–water partition coefficient (Wildman–Crippen LogP) is 3.42. The second kappa shape index (κ2) is 4.85. The summed E-state index contributed by atoms with van der Waals surface area (Å²) in [6.07, 6.45) is -4.72. The second-order valence-electron chi connectivity index (χ2n) is 3.35. The van der Waals surface area contributed by atoms with Crippen molar-refractivity contribution in [2.45, 2.75) is 13.0 Å². The Labute approximate surface area is 104 Å². The van der Waals surface area contributed by atoms with Crippen LogP contribution in [0.2, 0.25) is 0 Å². The van der Waals surface area contributed by atoms with Crippen molar-refractivity contribution in [3.8, 4) is 16.2 Å². The molecule has 1 heterocycles. The molecule has 0 saturated carbocycles. The van der Waals surface area contributed by atoms with E-state index < -0.39 is 6.36 Å². The maximum absolute atomic E-state index is 12.2. The SMILES string of the molecule is O=COCc1ccc2c(OC(F)(F)F)sccc1-2. The van der Waals surface area contributed by atoms with Crippen LogP contribution in [-0.2, 0) is 16.1 Å². The van der Waals surface area contributed by atoms with Crippen molar-refractivity contribution in [3.05, 3.63) is 29.1 Å². The average molecular weight is 276 g/mol. The molecule has 0 aromatic carbocycles. The molecule has 0 unspecified atom stereocenters. The minimum atomic E-state index is -4.72. The van der Waals surface area contributed by atoms with Crippen LogP contribution >= 0.6 is 11.3 Å². The number of ether oxygens (including phenoxy) is 2. The normalized spacial score (nSPS) is 11.5. The molecule has 3 nitrogen and oxygen atoms in total. The van der Waals surface area contributed by atoms with Gasteiger partial charge in [-0.25, -0.2) is 0 Å². The summed E-state index contributed by atoms with van der Waals surface area (Å²) in [4.78, 5) is 10.1. The summed E-state index contributed by atoms with van der Waals surface area (Å²) >= 11 is 0.853. The van der Waals surface area contributed by atoms with Gasteiger partial charge in [0.25, 0.3) is 6.47 Å². The lowest BCUT2D eigenvalue weighted by Crippen LogP contribution is -2.17. The zero-order chi connectivity index (χ0) is 13.2. The van der Waals surface area contributed by atoms with E-state index in [0.717, 1.165) is 11.3 Å². The van der Waals surface area contributed by atoms with Gasteiger partial charge in [-0.2, -0.15) is 0 Å². The Morgan fingerprint density at radius 2 is 2.00 bits per heavy atom. The van der Waals surface area contributed by atoms with E-state index >= 15 is 0 Å². The lowest BCUT2D eigenvalue weighted by atomic mass is 10.1. The van der Waals surface area contributed by atoms with E-state index in [0.29, 0.717) is 16.7 Å². The molecule has 2 aliphatic rings. The van der Waals surface area contributed by atoms with E-state index in [-0.39, 0.29) is 18.1 Å². The Balaban J connectivity index is 2.31. The highest BCUT2D eigenvalue weighted by atomic mass is 32.1. The molecular weight excluding hydrogens is 269 g/mol. The Morgan fingerprint density at radius 1 is 1.22 bits per heavy atom. The smallest absolute Gasteiger partial charge is 0.463 e. The van der Waals surface area contributed by atoms with Crippen LogP contribution in [0.4, 0.5) is 13.2 Å². The topological polar surface area (TPSA) is 35.5 Å². The molecule has 96 valence electrons. The van der Waals surface area contributed by atoms with E-state index in [1.165, 1.54) is 11.4 Å². The molecule has 0 N–H and O–H groups in total. The van der Waals surface area contributed by atoms with Crippen LogP contribution in [0.25, 0.3) is 11.1 Å². The molecule has 18 heavy (non-hydrogen) atoms. The number of hydrogen-bond donors (Lipinski definition) is 0. The van der Waals surface area contributed by atoms with Gasteiger partial charge in [0.1, 0.15) is 6.61 Å². The third-order valence-corrected chi connectivity index (χ3v) is 3.02. The predicted molar refractivity (Wildman–Crippen MR) is 58.5 cm³/mol. The minimum Gasteiger partial charge on any atom is -0.463 e. The Hall–Kier alpha value is -1.76. The van der Waals surface area contributed by atoms with Crippen molar-refractivity contribution in [1.82, 2.24) is 0 Å². The van der Waals surface area contributed by atoms with Crippen LogP contribution in [-0.4, -0.2) is 12.8 Å². The fourth-order valence-corrected chi connectivity index (χ4v) is 2.35. The van der Waals surface area contributed by atoms with Crippen LogP contribution in [0, 0.1) is 0 Å². The zero-order valence-corrected chi connectivity index (χ0v) is 9.68. The van der Waals surface area contributed by atoms with Crippen molar-refractivity contribution in [2.24, 2.45) is 0 Å². The first-order chi connectivity index (χ1) is 8.51. The number of rotatable bonds is 4. The molecule has 1 aliphatic carbocycles. The van der Waals surface area contributed by atoms with Gasteiger partial charge in [-0.1, -0.05) is 6.07 Å². The lowest BCUT2D eigenvalue weighted by Gasteiger charge is -2.12.